The Labute approximate surface area is 98.5 Å². The molecule has 1 aromatic rings. The third kappa shape index (κ3) is 2.75. The van der Waals surface area contributed by atoms with E-state index in [1.165, 1.54) is 0 Å². The number of rotatable bonds is 2. The molecule has 1 amide bonds. The SMILES string of the molecule is COC(=O)C(=O)Nc1c(F)cc([N+](=O)[O-])cc1F. The van der Waals surface area contributed by atoms with Gasteiger partial charge in [0.25, 0.3) is 5.69 Å². The number of nitro benzene ring substituents is 1. The Bertz CT molecular complexity index is 509. The van der Waals surface area contributed by atoms with Gasteiger partial charge in [0.05, 0.1) is 24.2 Å². The highest BCUT2D eigenvalue weighted by Crippen LogP contribution is 2.24. The zero-order chi connectivity index (χ0) is 13.9. The third-order valence-electron chi connectivity index (χ3n) is 1.85. The molecule has 9 heteroatoms. The van der Waals surface area contributed by atoms with Crippen molar-refractivity contribution in [1.29, 1.82) is 0 Å². The number of benzene rings is 1. The van der Waals surface area contributed by atoms with Gasteiger partial charge >= 0.3 is 11.9 Å². The van der Waals surface area contributed by atoms with Crippen LogP contribution >= 0.6 is 0 Å². The van der Waals surface area contributed by atoms with Gasteiger partial charge in [-0.1, -0.05) is 0 Å². The topological polar surface area (TPSA) is 98.5 Å². The highest BCUT2D eigenvalue weighted by molar-refractivity contribution is 6.37. The average molecular weight is 260 g/mol. The van der Waals surface area contributed by atoms with Crippen molar-refractivity contribution in [3.8, 4) is 0 Å². The number of hydrogen-bond donors (Lipinski definition) is 1. The summed E-state index contributed by atoms with van der Waals surface area (Å²) >= 11 is 0. The van der Waals surface area contributed by atoms with Crippen LogP contribution in [0.5, 0.6) is 0 Å². The molecular weight excluding hydrogens is 254 g/mol. The van der Waals surface area contributed by atoms with E-state index < -0.39 is 39.8 Å². The summed E-state index contributed by atoms with van der Waals surface area (Å²) in [4.78, 5) is 31.0. The van der Waals surface area contributed by atoms with Crippen LogP contribution in [0, 0.1) is 21.7 Å². The van der Waals surface area contributed by atoms with Crippen LogP contribution in [0.2, 0.25) is 0 Å². The van der Waals surface area contributed by atoms with E-state index in [1.54, 1.807) is 5.32 Å². The molecule has 18 heavy (non-hydrogen) atoms. The first-order valence-corrected chi connectivity index (χ1v) is 4.39. The Morgan fingerprint density at radius 1 is 1.33 bits per heavy atom. The molecule has 0 saturated heterocycles. The fourth-order valence-corrected chi connectivity index (χ4v) is 1.04. The standard InChI is InChI=1S/C9H6F2N2O5/c1-18-9(15)8(14)12-7-5(10)2-4(13(16)17)3-6(7)11/h2-3H,1H3,(H,12,14). The van der Waals surface area contributed by atoms with Crippen molar-refractivity contribution in [1.82, 2.24) is 0 Å². The summed E-state index contributed by atoms with van der Waals surface area (Å²) in [6.07, 6.45) is 0. The Morgan fingerprint density at radius 3 is 2.22 bits per heavy atom. The largest absolute Gasteiger partial charge is 0.462 e. The Kier molecular flexibility index (Phi) is 3.87. The van der Waals surface area contributed by atoms with Crippen LogP contribution < -0.4 is 5.32 Å². The summed E-state index contributed by atoms with van der Waals surface area (Å²) in [5.41, 5.74) is -1.78. The zero-order valence-electron chi connectivity index (χ0n) is 8.90. The van der Waals surface area contributed by atoms with Crippen molar-refractivity contribution in [3.05, 3.63) is 33.9 Å². The second-order valence-electron chi connectivity index (χ2n) is 2.99. The molecule has 0 saturated carbocycles. The van der Waals surface area contributed by atoms with Crippen molar-refractivity contribution in [2.24, 2.45) is 0 Å². The summed E-state index contributed by atoms with van der Waals surface area (Å²) < 4.78 is 30.6. The number of ether oxygens (including phenoxy) is 1. The van der Waals surface area contributed by atoms with Gasteiger partial charge in [0.15, 0.2) is 11.6 Å². The van der Waals surface area contributed by atoms with E-state index in [0.717, 1.165) is 7.11 Å². The monoisotopic (exact) mass is 260 g/mol. The van der Waals surface area contributed by atoms with E-state index in [4.69, 9.17) is 0 Å². The second kappa shape index (κ2) is 5.17. The molecule has 0 unspecified atom stereocenters. The number of carbonyl (C=O) groups is 2. The van der Waals surface area contributed by atoms with E-state index in [9.17, 15) is 28.5 Å². The molecule has 0 spiro atoms. The number of hydrogen-bond acceptors (Lipinski definition) is 5. The first-order chi connectivity index (χ1) is 8.36. The minimum Gasteiger partial charge on any atom is -0.462 e. The van der Waals surface area contributed by atoms with Crippen LogP contribution in [0.15, 0.2) is 12.1 Å². The summed E-state index contributed by atoms with van der Waals surface area (Å²) in [6.45, 7) is 0. The van der Waals surface area contributed by atoms with E-state index in [-0.39, 0.29) is 0 Å². The maximum Gasteiger partial charge on any atom is 0.396 e. The third-order valence-corrected chi connectivity index (χ3v) is 1.85. The zero-order valence-corrected chi connectivity index (χ0v) is 8.90. The molecule has 0 aromatic heterocycles. The fraction of sp³-hybridized carbons (Fsp3) is 0.111. The highest BCUT2D eigenvalue weighted by atomic mass is 19.1. The fourth-order valence-electron chi connectivity index (χ4n) is 1.04. The van der Waals surface area contributed by atoms with Gasteiger partial charge in [-0.3, -0.25) is 14.9 Å². The predicted octanol–water partition coefficient (Wildman–Crippen LogP) is 0.984. The van der Waals surface area contributed by atoms with Crippen LogP contribution in [-0.2, 0) is 14.3 Å². The Hall–Kier alpha value is -2.58. The summed E-state index contributed by atoms with van der Waals surface area (Å²) in [6, 6.07) is 0.825. The molecule has 0 aliphatic carbocycles. The van der Waals surface area contributed by atoms with Gasteiger partial charge in [-0.15, -0.1) is 0 Å². The van der Waals surface area contributed by atoms with E-state index in [0.29, 0.717) is 12.1 Å². The van der Waals surface area contributed by atoms with Gasteiger partial charge in [-0.25, -0.2) is 13.6 Å². The molecule has 0 fully saturated rings. The number of non-ortho nitro benzene ring substituents is 1. The molecule has 96 valence electrons. The number of halogens is 2. The lowest BCUT2D eigenvalue weighted by atomic mass is 10.2. The quantitative estimate of drug-likeness (QED) is 0.370. The minimum atomic E-state index is -1.40. The van der Waals surface area contributed by atoms with Crippen LogP contribution in [-0.4, -0.2) is 23.9 Å². The highest BCUT2D eigenvalue weighted by Gasteiger charge is 2.21. The van der Waals surface area contributed by atoms with E-state index in [2.05, 4.69) is 4.74 Å². The van der Waals surface area contributed by atoms with Gasteiger partial charge in [0.1, 0.15) is 5.69 Å². The minimum absolute atomic E-state index is 0.413. The lowest BCUT2D eigenvalue weighted by Crippen LogP contribution is -2.25. The number of nitrogens with zero attached hydrogens (tertiary/aromatic N) is 1. The first-order valence-electron chi connectivity index (χ1n) is 4.39. The van der Waals surface area contributed by atoms with Crippen molar-refractivity contribution < 1.29 is 28.0 Å². The van der Waals surface area contributed by atoms with Crippen LogP contribution in [0.25, 0.3) is 0 Å². The van der Waals surface area contributed by atoms with Gasteiger partial charge < -0.3 is 10.1 Å². The molecular formula is C9H6F2N2O5. The lowest BCUT2D eigenvalue weighted by Gasteiger charge is -2.06. The average Bonchev–Trinajstić information content (AvgIpc) is 2.31. The van der Waals surface area contributed by atoms with Gasteiger partial charge in [0.2, 0.25) is 0 Å². The number of anilines is 1. The molecule has 0 aliphatic rings. The predicted molar refractivity (Wildman–Crippen MR) is 53.7 cm³/mol. The normalized spacial score (nSPS) is 9.72. The van der Waals surface area contributed by atoms with Gasteiger partial charge in [-0.05, 0) is 0 Å². The maximum atomic E-state index is 13.3. The van der Waals surface area contributed by atoms with Crippen molar-refractivity contribution >= 4 is 23.3 Å². The molecule has 1 rings (SSSR count). The molecule has 7 nitrogen and oxygen atoms in total. The number of carbonyl (C=O) groups excluding carboxylic acids is 2. The molecule has 0 heterocycles. The smallest absolute Gasteiger partial charge is 0.396 e. The summed E-state index contributed by atoms with van der Waals surface area (Å²) in [5.74, 6) is -5.51. The number of amides is 1. The molecule has 1 N–H and O–H groups in total. The van der Waals surface area contributed by atoms with E-state index in [1.807, 2.05) is 0 Å². The second-order valence-corrected chi connectivity index (χ2v) is 2.99. The molecule has 0 atom stereocenters. The van der Waals surface area contributed by atoms with Crippen molar-refractivity contribution in [2.45, 2.75) is 0 Å². The molecule has 1 aromatic carbocycles. The van der Waals surface area contributed by atoms with Crippen LogP contribution in [0.3, 0.4) is 0 Å². The molecule has 0 aliphatic heterocycles. The number of nitrogens with one attached hydrogen (secondary N) is 1. The Balaban J connectivity index is 3.08. The van der Waals surface area contributed by atoms with Crippen molar-refractivity contribution in [3.63, 3.8) is 0 Å². The molecule has 0 radical (unpaired) electrons. The van der Waals surface area contributed by atoms with E-state index >= 15 is 0 Å². The van der Waals surface area contributed by atoms with Crippen LogP contribution in [0.4, 0.5) is 20.2 Å². The first kappa shape index (κ1) is 13.5. The van der Waals surface area contributed by atoms with Crippen molar-refractivity contribution in [2.75, 3.05) is 12.4 Å². The molecule has 0 bridgehead atoms. The van der Waals surface area contributed by atoms with Gasteiger partial charge in [-0.2, -0.15) is 0 Å². The number of nitro groups is 1. The number of methoxy groups -OCH3 is 1. The summed E-state index contributed by atoms with van der Waals surface area (Å²) in [7, 11) is 0.907. The van der Waals surface area contributed by atoms with Crippen LogP contribution in [0.1, 0.15) is 0 Å². The van der Waals surface area contributed by atoms with Gasteiger partial charge in [0, 0.05) is 0 Å². The lowest BCUT2D eigenvalue weighted by molar-refractivity contribution is -0.385. The number of esters is 1. The Morgan fingerprint density at radius 2 is 1.83 bits per heavy atom. The summed E-state index contributed by atoms with van der Waals surface area (Å²) in [5, 5.41) is 11.9. The maximum absolute atomic E-state index is 13.3.